The first kappa shape index (κ1) is 15.3. The molecule has 106 valence electrons. The number of amides is 2. The normalized spacial score (nSPS) is 11.2. The maximum absolute atomic E-state index is 12.4. The van der Waals surface area contributed by atoms with Crippen LogP contribution in [0.15, 0.2) is 30.3 Å². The number of nitrogens with one attached hydrogen (secondary N) is 1. The topological polar surface area (TPSA) is 41.6 Å². The smallest absolute Gasteiger partial charge is 0.383 e. The van der Waals surface area contributed by atoms with Crippen molar-refractivity contribution in [3.05, 3.63) is 30.3 Å². The molecule has 0 fully saturated rings. The highest BCUT2D eigenvalue weighted by Gasteiger charge is 2.32. The average Bonchev–Trinajstić information content (AvgIpc) is 2.34. The van der Waals surface area contributed by atoms with Gasteiger partial charge in [0, 0.05) is 19.3 Å². The van der Waals surface area contributed by atoms with Gasteiger partial charge in [0.2, 0.25) is 0 Å². The number of nitrogens with zero attached hydrogens (tertiary/aromatic N) is 1. The number of carbonyl (C=O) groups excluding carboxylic acids is 1. The molecule has 0 saturated carbocycles. The zero-order valence-electron chi connectivity index (χ0n) is 10.4. The third-order valence-corrected chi connectivity index (χ3v) is 2.25. The molecule has 1 aromatic rings. The number of carbonyl (C=O) groups is 1. The number of methoxy groups -OCH3 is 1. The van der Waals surface area contributed by atoms with E-state index in [-0.39, 0.29) is 13.2 Å². The number of rotatable bonds is 5. The highest BCUT2D eigenvalue weighted by molar-refractivity contribution is 5.89. The number of anilines is 1. The number of alkyl halides is 3. The summed E-state index contributed by atoms with van der Waals surface area (Å²) in [4.78, 5) is 12.4. The third-order valence-electron chi connectivity index (χ3n) is 2.25. The number of para-hydroxylation sites is 1. The molecule has 1 N–H and O–H groups in total. The van der Waals surface area contributed by atoms with Crippen LogP contribution in [0.2, 0.25) is 0 Å². The van der Waals surface area contributed by atoms with Gasteiger partial charge in [-0.25, -0.2) is 4.79 Å². The van der Waals surface area contributed by atoms with E-state index in [1.54, 1.807) is 30.3 Å². The molecular weight excluding hydrogens is 261 g/mol. The third kappa shape index (κ3) is 6.10. The van der Waals surface area contributed by atoms with Crippen LogP contribution >= 0.6 is 0 Å². The fourth-order valence-corrected chi connectivity index (χ4v) is 1.39. The fourth-order valence-electron chi connectivity index (χ4n) is 1.39. The predicted molar refractivity (Wildman–Crippen MR) is 65.0 cm³/mol. The second-order valence-electron chi connectivity index (χ2n) is 3.83. The van der Waals surface area contributed by atoms with Gasteiger partial charge in [-0.3, -0.25) is 0 Å². The first-order valence-corrected chi connectivity index (χ1v) is 5.59. The number of ether oxygens (including phenoxy) is 1. The maximum Gasteiger partial charge on any atom is 0.406 e. The van der Waals surface area contributed by atoms with Crippen LogP contribution in [0.25, 0.3) is 0 Å². The molecule has 0 aromatic heterocycles. The van der Waals surface area contributed by atoms with Crippen molar-refractivity contribution in [3.8, 4) is 0 Å². The van der Waals surface area contributed by atoms with E-state index in [0.717, 1.165) is 0 Å². The molecule has 19 heavy (non-hydrogen) atoms. The van der Waals surface area contributed by atoms with Gasteiger partial charge in [0.05, 0.1) is 6.61 Å². The molecule has 0 unspecified atom stereocenters. The highest BCUT2D eigenvalue weighted by Crippen LogP contribution is 2.17. The molecule has 1 rings (SSSR count). The van der Waals surface area contributed by atoms with Crippen LogP contribution in [0.3, 0.4) is 0 Å². The van der Waals surface area contributed by atoms with Crippen LogP contribution in [0.1, 0.15) is 0 Å². The summed E-state index contributed by atoms with van der Waals surface area (Å²) in [5, 5.41) is 2.40. The molecule has 0 radical (unpaired) electrons. The van der Waals surface area contributed by atoms with Gasteiger partial charge in [-0.1, -0.05) is 18.2 Å². The molecular formula is C12H15F3N2O2. The molecule has 7 heteroatoms. The van der Waals surface area contributed by atoms with Crippen LogP contribution in [-0.4, -0.2) is 43.9 Å². The van der Waals surface area contributed by atoms with Crippen LogP contribution in [0, 0.1) is 0 Å². The van der Waals surface area contributed by atoms with Crippen molar-refractivity contribution in [1.82, 2.24) is 4.90 Å². The molecule has 4 nitrogen and oxygen atoms in total. The number of urea groups is 1. The van der Waals surface area contributed by atoms with Gasteiger partial charge in [-0.15, -0.1) is 0 Å². The van der Waals surface area contributed by atoms with Gasteiger partial charge < -0.3 is 15.0 Å². The molecule has 0 aliphatic rings. The largest absolute Gasteiger partial charge is 0.406 e. The number of benzene rings is 1. The summed E-state index contributed by atoms with van der Waals surface area (Å²) in [6.07, 6.45) is -4.44. The lowest BCUT2D eigenvalue weighted by atomic mass is 10.3. The molecule has 0 bridgehead atoms. The van der Waals surface area contributed by atoms with E-state index in [4.69, 9.17) is 4.74 Å². The lowest BCUT2D eigenvalue weighted by Crippen LogP contribution is -2.43. The first-order valence-electron chi connectivity index (χ1n) is 5.59. The minimum absolute atomic E-state index is 0.0400. The van der Waals surface area contributed by atoms with Gasteiger partial charge in [0.1, 0.15) is 6.54 Å². The summed E-state index contributed by atoms with van der Waals surface area (Å²) in [7, 11) is 1.36. The molecule has 0 saturated heterocycles. The van der Waals surface area contributed by atoms with Crippen LogP contribution in [-0.2, 0) is 4.74 Å². The number of hydrogen-bond acceptors (Lipinski definition) is 2. The van der Waals surface area contributed by atoms with Gasteiger partial charge in [0.25, 0.3) is 0 Å². The molecule has 0 aliphatic carbocycles. The van der Waals surface area contributed by atoms with E-state index in [1.165, 1.54) is 7.11 Å². The molecule has 0 spiro atoms. The fraction of sp³-hybridized carbons (Fsp3) is 0.417. The van der Waals surface area contributed by atoms with E-state index < -0.39 is 18.8 Å². The second-order valence-corrected chi connectivity index (χ2v) is 3.83. The Labute approximate surface area is 109 Å². The highest BCUT2D eigenvalue weighted by atomic mass is 19.4. The van der Waals surface area contributed by atoms with Crippen molar-refractivity contribution < 1.29 is 22.7 Å². The predicted octanol–water partition coefficient (Wildman–Crippen LogP) is 2.73. The van der Waals surface area contributed by atoms with Crippen LogP contribution in [0.5, 0.6) is 0 Å². The molecule has 0 atom stereocenters. The minimum atomic E-state index is -4.44. The molecule has 0 heterocycles. The van der Waals surface area contributed by atoms with Crippen molar-refractivity contribution >= 4 is 11.7 Å². The van der Waals surface area contributed by atoms with E-state index >= 15 is 0 Å². The van der Waals surface area contributed by atoms with Gasteiger partial charge >= 0.3 is 12.2 Å². The molecule has 0 aliphatic heterocycles. The van der Waals surface area contributed by atoms with Crippen molar-refractivity contribution in [2.45, 2.75) is 6.18 Å². The summed E-state index contributed by atoms with van der Waals surface area (Å²) in [5.41, 5.74) is 0.442. The van der Waals surface area contributed by atoms with Crippen LogP contribution in [0.4, 0.5) is 23.7 Å². The van der Waals surface area contributed by atoms with Crippen LogP contribution < -0.4 is 5.32 Å². The quantitative estimate of drug-likeness (QED) is 0.898. The summed E-state index contributed by atoms with van der Waals surface area (Å²) >= 11 is 0. The van der Waals surface area contributed by atoms with E-state index in [9.17, 15) is 18.0 Å². The van der Waals surface area contributed by atoms with Gasteiger partial charge in [0.15, 0.2) is 0 Å². The summed E-state index contributed by atoms with van der Waals surface area (Å²) < 4.78 is 41.8. The summed E-state index contributed by atoms with van der Waals surface area (Å²) in [6, 6.07) is 7.49. The zero-order chi connectivity index (χ0) is 14.3. The Bertz CT molecular complexity index is 396. The van der Waals surface area contributed by atoms with Gasteiger partial charge in [-0.2, -0.15) is 13.2 Å². The van der Waals surface area contributed by atoms with E-state index in [2.05, 4.69) is 5.32 Å². The SMILES string of the molecule is COCCN(CC(F)(F)F)C(=O)Nc1ccccc1. The van der Waals surface area contributed by atoms with Crippen molar-refractivity contribution in [2.75, 3.05) is 32.1 Å². The average molecular weight is 276 g/mol. The Kier molecular flexibility index (Phi) is 5.62. The second kappa shape index (κ2) is 6.98. The minimum Gasteiger partial charge on any atom is -0.383 e. The Balaban J connectivity index is 2.65. The first-order chi connectivity index (χ1) is 8.92. The van der Waals surface area contributed by atoms with Gasteiger partial charge in [-0.05, 0) is 12.1 Å². The molecule has 2 amide bonds. The standard InChI is InChI=1S/C12H15F3N2O2/c1-19-8-7-17(9-12(13,14)15)11(18)16-10-5-3-2-4-6-10/h2-6H,7-9H2,1H3,(H,16,18). The van der Waals surface area contributed by atoms with Crippen molar-refractivity contribution in [3.63, 3.8) is 0 Å². The monoisotopic (exact) mass is 276 g/mol. The Morgan fingerprint density at radius 2 is 1.95 bits per heavy atom. The Hall–Kier alpha value is -1.76. The number of hydrogen-bond donors (Lipinski definition) is 1. The number of halogens is 3. The summed E-state index contributed by atoms with van der Waals surface area (Å²) in [5.74, 6) is 0. The Morgan fingerprint density at radius 1 is 1.32 bits per heavy atom. The summed E-state index contributed by atoms with van der Waals surface area (Å²) in [6.45, 7) is -1.40. The lowest BCUT2D eigenvalue weighted by Gasteiger charge is -2.23. The van der Waals surface area contributed by atoms with E-state index in [1.807, 2.05) is 0 Å². The van der Waals surface area contributed by atoms with Crippen molar-refractivity contribution in [2.24, 2.45) is 0 Å². The maximum atomic E-state index is 12.4. The van der Waals surface area contributed by atoms with E-state index in [0.29, 0.717) is 10.6 Å². The van der Waals surface area contributed by atoms with Crippen molar-refractivity contribution in [1.29, 1.82) is 0 Å². The lowest BCUT2D eigenvalue weighted by molar-refractivity contribution is -0.140. The molecule has 1 aromatic carbocycles. The zero-order valence-corrected chi connectivity index (χ0v) is 10.4. The Morgan fingerprint density at radius 3 is 2.47 bits per heavy atom.